The molecule has 5 nitrogen and oxygen atoms in total. The lowest BCUT2D eigenvalue weighted by molar-refractivity contribution is 1.23. The number of aromatic amines is 1. The highest BCUT2D eigenvalue weighted by Gasteiger charge is 2.04. The summed E-state index contributed by atoms with van der Waals surface area (Å²) in [5, 5.41) is 19.8. The van der Waals surface area contributed by atoms with Crippen molar-refractivity contribution in [1.29, 1.82) is 5.26 Å². The zero-order valence-corrected chi connectivity index (χ0v) is 10.9. The van der Waals surface area contributed by atoms with Gasteiger partial charge in [-0.25, -0.2) is 4.40 Å². The van der Waals surface area contributed by atoms with Gasteiger partial charge in [0.15, 0.2) is 5.40 Å². The summed E-state index contributed by atoms with van der Waals surface area (Å²) in [4.78, 5) is 3.12. The summed E-state index contributed by atoms with van der Waals surface area (Å²) in [6.07, 6.45) is 0. The van der Waals surface area contributed by atoms with Crippen LogP contribution < -0.4 is 0 Å². The zero-order chi connectivity index (χ0) is 12.7. The maximum Gasteiger partial charge on any atom is 0.157 e. The van der Waals surface area contributed by atoms with Crippen molar-refractivity contribution >= 4 is 40.8 Å². The number of isothiocyanates is 1. The monoisotopic (exact) mass is 263 g/mol. The molecule has 86 valence electrons. The Balaban J connectivity index is 2.93. The topological polar surface area (TPSA) is 76.7 Å². The molecule has 0 aliphatic heterocycles. The number of hydrogen-bond acceptors (Lipinski definition) is 6. The van der Waals surface area contributed by atoms with Crippen molar-refractivity contribution in [3.05, 3.63) is 23.5 Å². The highest BCUT2D eigenvalue weighted by atomic mass is 32.2. The van der Waals surface area contributed by atoms with Crippen LogP contribution in [-0.4, -0.2) is 21.6 Å². The second-order valence-corrected chi connectivity index (χ2v) is 3.75. The molecule has 0 aliphatic carbocycles. The summed E-state index contributed by atoms with van der Waals surface area (Å²) in [6, 6.07) is 3.73. The highest BCUT2D eigenvalue weighted by Crippen LogP contribution is 2.08. The highest BCUT2D eigenvalue weighted by molar-refractivity contribution is 8.02. The van der Waals surface area contributed by atoms with Gasteiger partial charge in [-0.05, 0) is 38.2 Å². The van der Waals surface area contributed by atoms with Crippen LogP contribution in [-0.2, 0) is 0 Å². The summed E-state index contributed by atoms with van der Waals surface area (Å²) in [6.45, 7) is 3.63. The molecule has 17 heavy (non-hydrogen) atoms. The maximum absolute atomic E-state index is 8.40. The van der Waals surface area contributed by atoms with Crippen LogP contribution >= 0.6 is 24.2 Å². The number of nitriles is 1. The molecule has 0 radical (unpaired) electrons. The molecule has 1 rings (SSSR count). The number of rotatable bonds is 4. The smallest absolute Gasteiger partial charge is 0.157 e. The third-order valence-corrected chi connectivity index (χ3v) is 2.46. The van der Waals surface area contributed by atoms with E-state index in [1.807, 2.05) is 31.4 Å². The molecule has 0 unspecified atom stereocenters. The van der Waals surface area contributed by atoms with Crippen LogP contribution in [0.1, 0.15) is 25.2 Å². The summed E-state index contributed by atoms with van der Waals surface area (Å²) in [5.74, 6) is 0. The minimum absolute atomic E-state index is 0.703. The molecule has 0 amide bonds. The van der Waals surface area contributed by atoms with Crippen LogP contribution in [0.5, 0.6) is 0 Å². The molecule has 0 atom stereocenters. The van der Waals surface area contributed by atoms with Gasteiger partial charge in [-0.3, -0.25) is 0 Å². The van der Waals surface area contributed by atoms with E-state index in [-0.39, 0.29) is 0 Å². The van der Waals surface area contributed by atoms with Crippen molar-refractivity contribution < 1.29 is 0 Å². The molecule has 1 aromatic rings. The van der Waals surface area contributed by atoms with E-state index in [2.05, 4.69) is 37.0 Å². The largest absolute Gasteiger partial charge is 0.352 e. The average molecular weight is 263 g/mol. The molecule has 0 aliphatic rings. The van der Waals surface area contributed by atoms with Crippen molar-refractivity contribution in [3.63, 3.8) is 0 Å². The van der Waals surface area contributed by atoms with Gasteiger partial charge >= 0.3 is 0 Å². The molecular weight excluding hydrogens is 254 g/mol. The lowest BCUT2D eigenvalue weighted by Crippen LogP contribution is -1.98. The van der Waals surface area contributed by atoms with E-state index in [9.17, 15) is 0 Å². The van der Waals surface area contributed by atoms with Crippen molar-refractivity contribution in [2.24, 2.45) is 14.6 Å². The first-order valence-electron chi connectivity index (χ1n) is 4.60. The number of hydrogen-bond donors (Lipinski definition) is 1. The van der Waals surface area contributed by atoms with Crippen molar-refractivity contribution in [1.82, 2.24) is 4.98 Å². The van der Waals surface area contributed by atoms with Gasteiger partial charge in [0.25, 0.3) is 0 Å². The standard InChI is InChI=1S/C10H9N5S2/c1-7(14-12-6-16)9-3-4-10(13-9)8(2)15-17-5-11/h3-4,13H,1-2H3. The molecule has 1 aromatic heterocycles. The molecule has 0 saturated carbocycles. The fourth-order valence-electron chi connectivity index (χ4n) is 1.10. The fraction of sp³-hybridized carbons (Fsp3) is 0.200. The molecule has 0 bridgehead atoms. The van der Waals surface area contributed by atoms with Gasteiger partial charge in [0.1, 0.15) is 0 Å². The van der Waals surface area contributed by atoms with Gasteiger partial charge < -0.3 is 4.98 Å². The Bertz CT molecular complexity index is 543. The first kappa shape index (κ1) is 13.3. The van der Waals surface area contributed by atoms with Gasteiger partial charge in [0.2, 0.25) is 0 Å². The molecule has 0 spiro atoms. The van der Waals surface area contributed by atoms with E-state index in [1.54, 1.807) is 0 Å². The van der Waals surface area contributed by atoms with Gasteiger partial charge in [0.05, 0.1) is 39.9 Å². The Kier molecular flexibility index (Phi) is 5.30. The van der Waals surface area contributed by atoms with Crippen LogP contribution in [0.25, 0.3) is 0 Å². The van der Waals surface area contributed by atoms with E-state index in [0.29, 0.717) is 5.71 Å². The van der Waals surface area contributed by atoms with Crippen molar-refractivity contribution in [2.75, 3.05) is 0 Å². The summed E-state index contributed by atoms with van der Waals surface area (Å²) in [7, 11) is 0. The number of aromatic nitrogens is 1. The molecule has 0 saturated heterocycles. The summed E-state index contributed by atoms with van der Waals surface area (Å²) in [5.41, 5.74) is 3.11. The molecule has 1 N–H and O–H groups in total. The van der Waals surface area contributed by atoms with Gasteiger partial charge in [0, 0.05) is 0 Å². The first-order valence-corrected chi connectivity index (χ1v) is 5.78. The van der Waals surface area contributed by atoms with E-state index >= 15 is 0 Å². The van der Waals surface area contributed by atoms with E-state index in [0.717, 1.165) is 29.0 Å². The van der Waals surface area contributed by atoms with Crippen LogP contribution in [0.4, 0.5) is 0 Å². The van der Waals surface area contributed by atoms with Crippen LogP contribution in [0, 0.1) is 10.7 Å². The van der Waals surface area contributed by atoms with E-state index in [4.69, 9.17) is 5.26 Å². The Morgan fingerprint density at radius 2 is 2.00 bits per heavy atom. The Morgan fingerprint density at radius 3 is 2.59 bits per heavy atom. The Morgan fingerprint density at radius 1 is 1.35 bits per heavy atom. The first-order chi connectivity index (χ1) is 8.19. The van der Waals surface area contributed by atoms with Crippen LogP contribution in [0.15, 0.2) is 26.7 Å². The lowest BCUT2D eigenvalue weighted by atomic mass is 10.3. The average Bonchev–Trinajstić information content (AvgIpc) is 2.82. The molecule has 1 heterocycles. The summed E-state index contributed by atoms with van der Waals surface area (Å²) >= 11 is 5.27. The Hall–Kier alpha value is -1.74. The minimum Gasteiger partial charge on any atom is -0.352 e. The van der Waals surface area contributed by atoms with Crippen LogP contribution in [0.2, 0.25) is 0 Å². The third kappa shape index (κ3) is 3.96. The van der Waals surface area contributed by atoms with Crippen LogP contribution in [0.3, 0.4) is 0 Å². The predicted octanol–water partition coefficient (Wildman–Crippen LogP) is 2.78. The van der Waals surface area contributed by atoms with Crippen molar-refractivity contribution in [2.45, 2.75) is 13.8 Å². The molecule has 0 aromatic carbocycles. The quantitative estimate of drug-likeness (QED) is 0.298. The fourth-order valence-corrected chi connectivity index (χ4v) is 1.42. The number of nitrogens with one attached hydrogen (secondary N) is 1. The van der Waals surface area contributed by atoms with E-state index < -0.39 is 0 Å². The second kappa shape index (κ2) is 6.76. The maximum atomic E-state index is 8.40. The lowest BCUT2D eigenvalue weighted by Gasteiger charge is -1.95. The molecular formula is C10H9N5S2. The third-order valence-electron chi connectivity index (χ3n) is 1.93. The molecule has 7 heteroatoms. The number of H-pyrrole nitrogens is 1. The number of thiocarbonyl (C=S) groups is 1. The minimum atomic E-state index is 0.703. The van der Waals surface area contributed by atoms with Gasteiger partial charge in [-0.1, -0.05) is 5.10 Å². The second-order valence-electron chi connectivity index (χ2n) is 3.02. The molecule has 0 fully saturated rings. The SMILES string of the molecule is CC(=NN=C=S)c1ccc(C(C)=NSC#N)[nH]1. The van der Waals surface area contributed by atoms with Gasteiger partial charge in [-0.15, -0.1) is 5.10 Å². The Labute approximate surface area is 108 Å². The van der Waals surface area contributed by atoms with Crippen molar-refractivity contribution in [3.8, 4) is 5.40 Å². The zero-order valence-electron chi connectivity index (χ0n) is 9.26. The predicted molar refractivity (Wildman–Crippen MR) is 73.4 cm³/mol. The number of nitrogens with zero attached hydrogens (tertiary/aromatic N) is 4. The van der Waals surface area contributed by atoms with E-state index in [1.165, 1.54) is 0 Å². The number of thiocyanates is 1. The summed E-state index contributed by atoms with van der Waals surface area (Å²) < 4.78 is 4.00. The van der Waals surface area contributed by atoms with Gasteiger partial charge in [-0.2, -0.15) is 5.26 Å². The normalized spacial score (nSPS) is 11.8.